The van der Waals surface area contributed by atoms with E-state index in [1.165, 1.54) is 0 Å². The summed E-state index contributed by atoms with van der Waals surface area (Å²) in [5.41, 5.74) is 1.04. The zero-order valence-electron chi connectivity index (χ0n) is 11.7. The lowest BCUT2D eigenvalue weighted by Gasteiger charge is -2.22. The van der Waals surface area contributed by atoms with E-state index in [1.54, 1.807) is 36.2 Å². The van der Waals surface area contributed by atoms with Crippen LogP contribution < -0.4 is 5.32 Å². The van der Waals surface area contributed by atoms with Crippen LogP contribution in [0.5, 0.6) is 0 Å². The van der Waals surface area contributed by atoms with Crippen molar-refractivity contribution in [1.29, 1.82) is 0 Å². The van der Waals surface area contributed by atoms with Gasteiger partial charge in [-0.3, -0.25) is 9.59 Å². The second-order valence-electron chi connectivity index (χ2n) is 3.82. The van der Waals surface area contributed by atoms with Crippen molar-refractivity contribution in [1.82, 2.24) is 4.90 Å². The van der Waals surface area contributed by atoms with Crippen LogP contribution in [0.4, 0.5) is 5.69 Å². The van der Waals surface area contributed by atoms with Gasteiger partial charge in [0.1, 0.15) is 0 Å². The van der Waals surface area contributed by atoms with Gasteiger partial charge in [0.2, 0.25) is 6.41 Å². The quantitative estimate of drug-likeness (QED) is 0.835. The fourth-order valence-electron chi connectivity index (χ4n) is 1.28. The molecule has 0 heterocycles. The molecule has 0 spiro atoms. The molecule has 0 aromatic heterocycles. The summed E-state index contributed by atoms with van der Waals surface area (Å²) in [5, 5.41) is 2.52. The van der Waals surface area contributed by atoms with Gasteiger partial charge in [0.05, 0.1) is 11.3 Å². The van der Waals surface area contributed by atoms with Gasteiger partial charge in [-0.05, 0) is 26.0 Å². The molecule has 1 N–H and O–H groups in total. The first-order valence-corrected chi connectivity index (χ1v) is 6.14. The van der Waals surface area contributed by atoms with Gasteiger partial charge in [0, 0.05) is 13.1 Å². The summed E-state index contributed by atoms with van der Waals surface area (Å²) in [6.07, 6.45) is 0.571. The SMILES string of the molecule is CC.CC(C)N(C)C(=O)c1ccccc1NC=O. The summed E-state index contributed by atoms with van der Waals surface area (Å²) in [7, 11) is 1.74. The second-order valence-corrected chi connectivity index (χ2v) is 3.82. The molecule has 0 radical (unpaired) electrons. The van der Waals surface area contributed by atoms with Crippen molar-refractivity contribution >= 4 is 18.0 Å². The van der Waals surface area contributed by atoms with E-state index in [0.717, 1.165) is 0 Å². The topological polar surface area (TPSA) is 49.4 Å². The Morgan fingerprint density at radius 2 is 1.83 bits per heavy atom. The van der Waals surface area contributed by atoms with E-state index in [0.29, 0.717) is 17.7 Å². The van der Waals surface area contributed by atoms with Gasteiger partial charge in [-0.25, -0.2) is 0 Å². The van der Waals surface area contributed by atoms with E-state index in [9.17, 15) is 9.59 Å². The number of carbonyl (C=O) groups is 2. The summed E-state index contributed by atoms with van der Waals surface area (Å²) in [6.45, 7) is 7.88. The van der Waals surface area contributed by atoms with Crippen LogP contribution in [0.3, 0.4) is 0 Å². The van der Waals surface area contributed by atoms with Crippen LogP contribution in [0.25, 0.3) is 0 Å². The molecule has 0 fully saturated rings. The number of hydrogen-bond acceptors (Lipinski definition) is 2. The van der Waals surface area contributed by atoms with Crippen molar-refractivity contribution < 1.29 is 9.59 Å². The minimum absolute atomic E-state index is 0.0973. The van der Waals surface area contributed by atoms with Crippen LogP contribution >= 0.6 is 0 Å². The highest BCUT2D eigenvalue weighted by atomic mass is 16.2. The number of hydrogen-bond donors (Lipinski definition) is 1. The molecule has 4 nitrogen and oxygen atoms in total. The van der Waals surface area contributed by atoms with E-state index in [-0.39, 0.29) is 11.9 Å². The zero-order chi connectivity index (χ0) is 14.1. The molecule has 1 rings (SSSR count). The van der Waals surface area contributed by atoms with Crippen molar-refractivity contribution in [3.05, 3.63) is 29.8 Å². The number of nitrogens with one attached hydrogen (secondary N) is 1. The molecule has 0 aliphatic rings. The maximum absolute atomic E-state index is 12.1. The number of amides is 2. The highest BCUT2D eigenvalue weighted by Gasteiger charge is 2.16. The van der Waals surface area contributed by atoms with Gasteiger partial charge < -0.3 is 10.2 Å². The Balaban J connectivity index is 0.00000137. The van der Waals surface area contributed by atoms with Gasteiger partial charge in [-0.2, -0.15) is 0 Å². The van der Waals surface area contributed by atoms with Crippen molar-refractivity contribution in [2.45, 2.75) is 33.7 Å². The van der Waals surface area contributed by atoms with E-state index in [2.05, 4.69) is 5.32 Å². The molecular weight excluding hydrogens is 228 g/mol. The molecular formula is C14H22N2O2. The molecule has 0 bridgehead atoms. The molecule has 4 heteroatoms. The molecule has 2 amide bonds. The first-order valence-electron chi connectivity index (χ1n) is 6.14. The van der Waals surface area contributed by atoms with Crippen LogP contribution in [0.1, 0.15) is 38.1 Å². The Morgan fingerprint density at radius 1 is 1.28 bits per heavy atom. The maximum Gasteiger partial charge on any atom is 0.255 e. The molecule has 0 saturated carbocycles. The lowest BCUT2D eigenvalue weighted by Crippen LogP contribution is -2.33. The fraction of sp³-hybridized carbons (Fsp3) is 0.429. The maximum atomic E-state index is 12.1. The first-order chi connectivity index (χ1) is 8.57. The number of carbonyl (C=O) groups excluding carboxylic acids is 2. The Hall–Kier alpha value is -1.84. The predicted octanol–water partition coefficient (Wildman–Crippen LogP) is 2.76. The number of benzene rings is 1. The average molecular weight is 250 g/mol. The monoisotopic (exact) mass is 250 g/mol. The molecule has 0 atom stereocenters. The van der Waals surface area contributed by atoms with Gasteiger partial charge in [0.25, 0.3) is 5.91 Å². The summed E-state index contributed by atoms with van der Waals surface area (Å²) in [6, 6.07) is 7.08. The van der Waals surface area contributed by atoms with E-state index in [1.807, 2.05) is 27.7 Å². The second kappa shape index (κ2) is 8.28. The third kappa shape index (κ3) is 4.20. The van der Waals surface area contributed by atoms with E-state index in [4.69, 9.17) is 0 Å². The number of nitrogens with zero attached hydrogens (tertiary/aromatic N) is 1. The van der Waals surface area contributed by atoms with Crippen LogP contribution in [-0.4, -0.2) is 30.3 Å². The normalized spacial score (nSPS) is 9.22. The molecule has 0 saturated heterocycles. The molecule has 0 aliphatic heterocycles. The van der Waals surface area contributed by atoms with Gasteiger partial charge >= 0.3 is 0 Å². The lowest BCUT2D eigenvalue weighted by molar-refractivity contribution is -0.105. The lowest BCUT2D eigenvalue weighted by atomic mass is 10.1. The van der Waals surface area contributed by atoms with Crippen molar-refractivity contribution in [3.8, 4) is 0 Å². The van der Waals surface area contributed by atoms with Crippen LogP contribution in [0, 0.1) is 0 Å². The van der Waals surface area contributed by atoms with Crippen molar-refractivity contribution in [2.24, 2.45) is 0 Å². The highest BCUT2D eigenvalue weighted by Crippen LogP contribution is 2.16. The summed E-state index contributed by atoms with van der Waals surface area (Å²) < 4.78 is 0. The standard InChI is InChI=1S/C12H16N2O2.C2H6/c1-9(2)14(3)12(16)10-6-4-5-7-11(10)13-8-15;1-2/h4-9H,1-3H3,(H,13,15);1-2H3. The molecule has 1 aromatic rings. The van der Waals surface area contributed by atoms with E-state index < -0.39 is 0 Å². The minimum atomic E-state index is -0.0973. The van der Waals surface area contributed by atoms with Crippen molar-refractivity contribution in [2.75, 3.05) is 12.4 Å². The predicted molar refractivity (Wildman–Crippen MR) is 74.7 cm³/mol. The Labute approximate surface area is 109 Å². The third-order valence-corrected chi connectivity index (χ3v) is 2.47. The van der Waals surface area contributed by atoms with Crippen molar-refractivity contribution in [3.63, 3.8) is 0 Å². The van der Waals surface area contributed by atoms with Gasteiger partial charge in [0.15, 0.2) is 0 Å². The minimum Gasteiger partial charge on any atom is -0.339 e. The summed E-state index contributed by atoms with van der Waals surface area (Å²) in [5.74, 6) is -0.0973. The molecule has 0 aliphatic carbocycles. The zero-order valence-corrected chi connectivity index (χ0v) is 11.7. The molecule has 0 unspecified atom stereocenters. The largest absolute Gasteiger partial charge is 0.339 e. The molecule has 100 valence electrons. The fourth-order valence-corrected chi connectivity index (χ4v) is 1.28. The van der Waals surface area contributed by atoms with Gasteiger partial charge in [-0.15, -0.1) is 0 Å². The Kier molecular flexibility index (Phi) is 7.43. The number of anilines is 1. The average Bonchev–Trinajstić information content (AvgIpc) is 2.40. The Morgan fingerprint density at radius 3 is 2.33 bits per heavy atom. The van der Waals surface area contributed by atoms with Crippen LogP contribution in [0.2, 0.25) is 0 Å². The van der Waals surface area contributed by atoms with Crippen LogP contribution in [-0.2, 0) is 4.79 Å². The van der Waals surface area contributed by atoms with Crippen LogP contribution in [0.15, 0.2) is 24.3 Å². The Bertz CT molecular complexity index is 389. The summed E-state index contributed by atoms with van der Waals surface area (Å²) >= 11 is 0. The number of para-hydroxylation sites is 1. The summed E-state index contributed by atoms with van der Waals surface area (Å²) in [4.78, 5) is 24.1. The molecule has 18 heavy (non-hydrogen) atoms. The van der Waals surface area contributed by atoms with E-state index >= 15 is 0 Å². The smallest absolute Gasteiger partial charge is 0.255 e. The first kappa shape index (κ1) is 16.2. The number of rotatable bonds is 4. The van der Waals surface area contributed by atoms with Gasteiger partial charge in [-0.1, -0.05) is 26.0 Å². The third-order valence-electron chi connectivity index (χ3n) is 2.47. The highest BCUT2D eigenvalue weighted by molar-refractivity contribution is 6.01. The molecule has 1 aromatic carbocycles.